The van der Waals surface area contributed by atoms with Gasteiger partial charge >= 0.3 is 0 Å². The first-order valence-corrected chi connectivity index (χ1v) is 3.95. The summed E-state index contributed by atoms with van der Waals surface area (Å²) < 4.78 is 12.3. The van der Waals surface area contributed by atoms with Crippen LogP contribution in [-0.2, 0) is 6.42 Å². The smallest absolute Gasteiger partial charge is 0.183 e. The van der Waals surface area contributed by atoms with Crippen molar-refractivity contribution in [3.63, 3.8) is 0 Å². The SMILES string of the molecule is CC(C)(C)Cc1ccc(F)nn1. The molecule has 0 saturated carbocycles. The van der Waals surface area contributed by atoms with E-state index in [4.69, 9.17) is 0 Å². The topological polar surface area (TPSA) is 25.8 Å². The third-order valence-corrected chi connectivity index (χ3v) is 1.40. The molecule has 66 valence electrons. The minimum Gasteiger partial charge on any atom is -0.183 e. The molecule has 3 heteroatoms. The highest BCUT2D eigenvalue weighted by Crippen LogP contribution is 2.18. The molecular formula is C9H13FN2. The zero-order valence-corrected chi connectivity index (χ0v) is 7.63. The van der Waals surface area contributed by atoms with Gasteiger partial charge in [0.15, 0.2) is 0 Å². The van der Waals surface area contributed by atoms with Crippen LogP contribution in [0.2, 0.25) is 0 Å². The Hall–Kier alpha value is -0.990. The molecule has 1 aromatic heterocycles. The number of aromatic nitrogens is 2. The van der Waals surface area contributed by atoms with Crippen LogP contribution >= 0.6 is 0 Å². The Morgan fingerprint density at radius 3 is 2.33 bits per heavy atom. The summed E-state index contributed by atoms with van der Waals surface area (Å²) in [7, 11) is 0. The van der Waals surface area contributed by atoms with Crippen molar-refractivity contribution in [3.8, 4) is 0 Å². The Morgan fingerprint density at radius 2 is 1.92 bits per heavy atom. The van der Waals surface area contributed by atoms with E-state index in [2.05, 4.69) is 31.0 Å². The molecule has 0 amide bonds. The summed E-state index contributed by atoms with van der Waals surface area (Å²) in [5.41, 5.74) is 1.01. The van der Waals surface area contributed by atoms with Gasteiger partial charge in [0.25, 0.3) is 0 Å². The molecule has 1 heterocycles. The number of hydrogen-bond donors (Lipinski definition) is 0. The van der Waals surface area contributed by atoms with E-state index < -0.39 is 5.95 Å². The van der Waals surface area contributed by atoms with Gasteiger partial charge in [-0.25, -0.2) is 0 Å². The van der Waals surface area contributed by atoms with E-state index in [-0.39, 0.29) is 5.41 Å². The minimum absolute atomic E-state index is 0.173. The summed E-state index contributed by atoms with van der Waals surface area (Å²) in [6, 6.07) is 3.02. The molecule has 0 fully saturated rings. The zero-order chi connectivity index (χ0) is 9.19. The second-order valence-electron chi connectivity index (χ2n) is 4.08. The lowest BCUT2D eigenvalue weighted by Gasteiger charge is -2.16. The molecule has 0 saturated heterocycles. The van der Waals surface area contributed by atoms with Crippen LogP contribution < -0.4 is 0 Å². The van der Waals surface area contributed by atoms with E-state index in [1.165, 1.54) is 6.07 Å². The van der Waals surface area contributed by atoms with Gasteiger partial charge < -0.3 is 0 Å². The normalized spacial score (nSPS) is 11.7. The van der Waals surface area contributed by atoms with E-state index in [0.717, 1.165) is 12.1 Å². The van der Waals surface area contributed by atoms with Crippen LogP contribution in [0.5, 0.6) is 0 Å². The first-order chi connectivity index (χ1) is 5.47. The van der Waals surface area contributed by atoms with E-state index in [0.29, 0.717) is 0 Å². The maximum absolute atomic E-state index is 12.3. The Morgan fingerprint density at radius 1 is 1.25 bits per heavy atom. The quantitative estimate of drug-likeness (QED) is 0.642. The van der Waals surface area contributed by atoms with Crippen molar-refractivity contribution in [2.75, 3.05) is 0 Å². The fourth-order valence-corrected chi connectivity index (χ4v) is 0.981. The Bertz CT molecular complexity index is 248. The van der Waals surface area contributed by atoms with Crippen LogP contribution in [0.25, 0.3) is 0 Å². The van der Waals surface area contributed by atoms with Crippen LogP contribution in [0, 0.1) is 11.4 Å². The van der Waals surface area contributed by atoms with Crippen molar-refractivity contribution in [1.29, 1.82) is 0 Å². The highest BCUT2D eigenvalue weighted by atomic mass is 19.1. The molecule has 12 heavy (non-hydrogen) atoms. The molecule has 0 N–H and O–H groups in total. The minimum atomic E-state index is -0.521. The highest BCUT2D eigenvalue weighted by Gasteiger charge is 2.12. The lowest BCUT2D eigenvalue weighted by atomic mass is 9.90. The predicted molar refractivity (Wildman–Crippen MR) is 45.1 cm³/mol. The third-order valence-electron chi connectivity index (χ3n) is 1.40. The average molecular weight is 168 g/mol. The second-order valence-corrected chi connectivity index (χ2v) is 4.08. The van der Waals surface area contributed by atoms with Crippen molar-refractivity contribution < 1.29 is 4.39 Å². The number of hydrogen-bond acceptors (Lipinski definition) is 2. The summed E-state index contributed by atoms with van der Waals surface area (Å²) in [5, 5.41) is 7.09. The standard InChI is InChI=1S/C9H13FN2/c1-9(2,3)6-7-4-5-8(10)12-11-7/h4-5H,6H2,1-3H3. The third kappa shape index (κ3) is 2.95. The summed E-state index contributed by atoms with van der Waals surface area (Å²) >= 11 is 0. The summed E-state index contributed by atoms with van der Waals surface area (Å²) in [4.78, 5) is 0. The van der Waals surface area contributed by atoms with Crippen LogP contribution in [0.1, 0.15) is 26.5 Å². The van der Waals surface area contributed by atoms with Crippen molar-refractivity contribution in [3.05, 3.63) is 23.8 Å². The fraction of sp³-hybridized carbons (Fsp3) is 0.556. The van der Waals surface area contributed by atoms with Gasteiger partial charge in [0, 0.05) is 0 Å². The molecule has 0 aliphatic heterocycles. The van der Waals surface area contributed by atoms with Gasteiger partial charge in [-0.15, -0.1) is 5.10 Å². The van der Waals surface area contributed by atoms with E-state index in [1.54, 1.807) is 6.07 Å². The van der Waals surface area contributed by atoms with E-state index in [9.17, 15) is 4.39 Å². The summed E-state index contributed by atoms with van der Waals surface area (Å²) in [6.07, 6.45) is 0.820. The predicted octanol–water partition coefficient (Wildman–Crippen LogP) is 2.20. The summed E-state index contributed by atoms with van der Waals surface area (Å²) in [6.45, 7) is 6.33. The van der Waals surface area contributed by atoms with Crippen molar-refractivity contribution in [2.45, 2.75) is 27.2 Å². The fourth-order valence-electron chi connectivity index (χ4n) is 0.981. The summed E-state index contributed by atoms with van der Waals surface area (Å²) in [5.74, 6) is -0.521. The molecule has 2 nitrogen and oxygen atoms in total. The molecule has 0 aliphatic rings. The monoisotopic (exact) mass is 168 g/mol. The average Bonchev–Trinajstić information content (AvgIpc) is 1.91. The van der Waals surface area contributed by atoms with Gasteiger partial charge in [0.2, 0.25) is 5.95 Å². The first kappa shape index (κ1) is 9.10. The largest absolute Gasteiger partial charge is 0.233 e. The molecule has 1 rings (SSSR count). The molecule has 0 atom stereocenters. The number of nitrogens with zero attached hydrogens (tertiary/aromatic N) is 2. The van der Waals surface area contributed by atoms with Gasteiger partial charge in [0.1, 0.15) is 0 Å². The van der Waals surface area contributed by atoms with Crippen LogP contribution in [-0.4, -0.2) is 10.2 Å². The Balaban J connectivity index is 2.71. The van der Waals surface area contributed by atoms with Crippen LogP contribution in [0.15, 0.2) is 12.1 Å². The maximum atomic E-state index is 12.3. The van der Waals surface area contributed by atoms with Gasteiger partial charge in [-0.1, -0.05) is 20.8 Å². The molecule has 0 spiro atoms. The lowest BCUT2D eigenvalue weighted by molar-refractivity contribution is 0.402. The molecular weight excluding hydrogens is 155 g/mol. The molecule has 0 aliphatic carbocycles. The van der Waals surface area contributed by atoms with Gasteiger partial charge in [-0.05, 0) is 24.0 Å². The number of halogens is 1. The van der Waals surface area contributed by atoms with Crippen molar-refractivity contribution in [1.82, 2.24) is 10.2 Å². The maximum Gasteiger partial charge on any atom is 0.233 e. The number of rotatable bonds is 1. The second kappa shape index (κ2) is 3.17. The van der Waals surface area contributed by atoms with Crippen molar-refractivity contribution in [2.24, 2.45) is 5.41 Å². The van der Waals surface area contributed by atoms with Gasteiger partial charge in [-0.2, -0.15) is 9.49 Å². The Labute approximate surface area is 71.8 Å². The van der Waals surface area contributed by atoms with Crippen LogP contribution in [0.3, 0.4) is 0 Å². The molecule has 0 bridgehead atoms. The zero-order valence-electron chi connectivity index (χ0n) is 7.63. The van der Waals surface area contributed by atoms with E-state index >= 15 is 0 Å². The van der Waals surface area contributed by atoms with Crippen LogP contribution in [0.4, 0.5) is 4.39 Å². The lowest BCUT2D eigenvalue weighted by Crippen LogP contribution is -2.11. The first-order valence-electron chi connectivity index (χ1n) is 3.95. The highest BCUT2D eigenvalue weighted by molar-refractivity contribution is 5.02. The molecule has 0 unspecified atom stereocenters. The van der Waals surface area contributed by atoms with Crippen molar-refractivity contribution >= 4 is 0 Å². The Kier molecular flexibility index (Phi) is 2.40. The molecule has 1 aromatic rings. The van der Waals surface area contributed by atoms with E-state index in [1.807, 2.05) is 0 Å². The molecule has 0 aromatic carbocycles. The van der Waals surface area contributed by atoms with Gasteiger partial charge in [-0.3, -0.25) is 0 Å². The molecule has 0 radical (unpaired) electrons. The van der Waals surface area contributed by atoms with Gasteiger partial charge in [0.05, 0.1) is 5.69 Å².